The van der Waals surface area contributed by atoms with Crippen LogP contribution in [0.25, 0.3) is 11.0 Å². The molecule has 1 aromatic carbocycles. The van der Waals surface area contributed by atoms with E-state index in [1.807, 2.05) is 17.0 Å². The zero-order valence-corrected chi connectivity index (χ0v) is 16.6. The monoisotopic (exact) mass is 397 g/mol. The van der Waals surface area contributed by atoms with Gasteiger partial charge in [-0.1, -0.05) is 12.8 Å². The van der Waals surface area contributed by atoms with Gasteiger partial charge in [-0.2, -0.15) is 0 Å². The zero-order chi connectivity index (χ0) is 20.0. The molecule has 0 radical (unpaired) electrons. The molecule has 6 heteroatoms. The third-order valence-electron chi connectivity index (χ3n) is 7.09. The summed E-state index contributed by atoms with van der Waals surface area (Å²) in [5.41, 5.74) is 1.56. The number of nitrogens with zero attached hydrogens (tertiary/aromatic N) is 1. The predicted molar refractivity (Wildman–Crippen MR) is 108 cm³/mol. The van der Waals surface area contributed by atoms with Crippen molar-refractivity contribution >= 4 is 16.9 Å². The first-order chi connectivity index (χ1) is 14.0. The van der Waals surface area contributed by atoms with Crippen LogP contribution in [-0.4, -0.2) is 41.2 Å². The topological polar surface area (TPSA) is 80.0 Å². The van der Waals surface area contributed by atoms with Gasteiger partial charge in [-0.15, -0.1) is 0 Å². The lowest BCUT2D eigenvalue weighted by Crippen LogP contribution is -2.55. The van der Waals surface area contributed by atoms with Crippen molar-refractivity contribution < 1.29 is 19.1 Å². The number of benzene rings is 1. The molecule has 154 valence electrons. The number of hydrogen-bond donors (Lipinski definition) is 1. The first-order valence-corrected chi connectivity index (χ1v) is 10.7. The van der Waals surface area contributed by atoms with Crippen LogP contribution in [0.4, 0.5) is 0 Å². The second-order valence-corrected chi connectivity index (χ2v) is 8.78. The minimum absolute atomic E-state index is 0.0498. The highest BCUT2D eigenvalue weighted by Gasteiger charge is 2.43. The molecular formula is C23H27NO5. The van der Waals surface area contributed by atoms with E-state index in [2.05, 4.69) is 0 Å². The largest absolute Gasteiger partial charge is 0.484 e. The van der Waals surface area contributed by atoms with Crippen LogP contribution in [-0.2, 0) is 17.6 Å². The van der Waals surface area contributed by atoms with E-state index in [0.29, 0.717) is 30.8 Å². The maximum Gasteiger partial charge on any atom is 0.339 e. The number of carbonyl (C=O) groups is 1. The summed E-state index contributed by atoms with van der Waals surface area (Å²) in [5.74, 6) is 0.636. The van der Waals surface area contributed by atoms with Crippen molar-refractivity contribution in [3.8, 4) is 5.75 Å². The molecule has 1 saturated heterocycles. The fourth-order valence-corrected chi connectivity index (χ4v) is 5.39. The molecule has 0 spiro atoms. The van der Waals surface area contributed by atoms with E-state index in [1.165, 1.54) is 0 Å². The Bertz CT molecular complexity index is 1010. The fraction of sp³-hybridized carbons (Fsp3) is 0.565. The summed E-state index contributed by atoms with van der Waals surface area (Å²) in [5, 5.41) is 11.7. The van der Waals surface area contributed by atoms with Gasteiger partial charge in [-0.3, -0.25) is 4.79 Å². The first-order valence-electron chi connectivity index (χ1n) is 10.7. The Hall–Kier alpha value is -2.34. The molecular weight excluding hydrogens is 370 g/mol. The highest BCUT2D eigenvalue weighted by atomic mass is 16.5. The van der Waals surface area contributed by atoms with E-state index in [-0.39, 0.29) is 24.1 Å². The molecule has 1 aliphatic heterocycles. The third-order valence-corrected chi connectivity index (χ3v) is 7.09. The number of rotatable bonds is 3. The summed E-state index contributed by atoms with van der Waals surface area (Å²) in [6, 6.07) is 5.47. The van der Waals surface area contributed by atoms with Crippen molar-refractivity contribution in [1.29, 1.82) is 0 Å². The average molecular weight is 397 g/mol. The standard InChI is InChI=1S/C23H27NO5/c25-21(24-11-10-23(27)9-2-1-4-15(23)13-24)14-28-16-7-8-18-17-5-3-6-19(17)22(26)29-20(18)12-16/h7-8,12,15,27H,1-6,9-11,13-14H2/t15-,23+/m0/s1. The molecule has 1 aromatic heterocycles. The van der Waals surface area contributed by atoms with Crippen LogP contribution < -0.4 is 10.4 Å². The van der Waals surface area contributed by atoms with Crippen LogP contribution >= 0.6 is 0 Å². The Kier molecular flexibility index (Phi) is 4.62. The molecule has 29 heavy (non-hydrogen) atoms. The molecule has 6 nitrogen and oxygen atoms in total. The van der Waals surface area contributed by atoms with Crippen LogP contribution in [0.1, 0.15) is 49.7 Å². The number of hydrogen-bond acceptors (Lipinski definition) is 5. The Morgan fingerprint density at radius 3 is 2.97 bits per heavy atom. The minimum Gasteiger partial charge on any atom is -0.484 e. The minimum atomic E-state index is -0.591. The SMILES string of the molecule is O=C(COc1ccc2c3c(c(=O)oc2c1)CCC3)N1CC[C@]2(O)CCCC[C@H]2C1. The van der Waals surface area contributed by atoms with Gasteiger partial charge in [0.1, 0.15) is 11.3 Å². The number of likely N-dealkylation sites (tertiary alicyclic amines) is 1. The van der Waals surface area contributed by atoms with Crippen molar-refractivity contribution in [3.05, 3.63) is 39.7 Å². The molecule has 5 rings (SSSR count). The summed E-state index contributed by atoms with van der Waals surface area (Å²) in [7, 11) is 0. The Balaban J connectivity index is 1.26. The van der Waals surface area contributed by atoms with Gasteiger partial charge in [0.15, 0.2) is 6.61 Å². The van der Waals surface area contributed by atoms with Crippen molar-refractivity contribution in [2.24, 2.45) is 5.92 Å². The van der Waals surface area contributed by atoms with Crippen molar-refractivity contribution in [1.82, 2.24) is 4.90 Å². The maximum atomic E-state index is 12.7. The van der Waals surface area contributed by atoms with Gasteiger partial charge in [-0.05, 0) is 56.2 Å². The lowest BCUT2D eigenvalue weighted by molar-refractivity contribution is -0.145. The molecule has 2 atom stereocenters. The van der Waals surface area contributed by atoms with E-state index in [0.717, 1.165) is 61.5 Å². The number of carbonyl (C=O) groups excluding carboxylic acids is 1. The highest BCUT2D eigenvalue weighted by Crippen LogP contribution is 2.39. The number of aryl methyl sites for hydroxylation is 1. The van der Waals surface area contributed by atoms with Crippen molar-refractivity contribution in [2.75, 3.05) is 19.7 Å². The lowest BCUT2D eigenvalue weighted by atomic mass is 9.71. The van der Waals surface area contributed by atoms with E-state index in [1.54, 1.807) is 6.07 Å². The lowest BCUT2D eigenvalue weighted by Gasteiger charge is -2.47. The summed E-state index contributed by atoms with van der Waals surface area (Å²) in [6.07, 6.45) is 7.35. The van der Waals surface area contributed by atoms with Gasteiger partial charge < -0.3 is 19.2 Å². The summed E-state index contributed by atoms with van der Waals surface area (Å²) < 4.78 is 11.2. The molecule has 3 aliphatic rings. The average Bonchev–Trinajstić information content (AvgIpc) is 3.22. The third kappa shape index (κ3) is 3.33. The van der Waals surface area contributed by atoms with Crippen LogP contribution in [0.15, 0.2) is 27.4 Å². The number of amides is 1. The van der Waals surface area contributed by atoms with Crippen molar-refractivity contribution in [2.45, 2.75) is 57.0 Å². The van der Waals surface area contributed by atoms with Gasteiger partial charge in [0.2, 0.25) is 0 Å². The number of aliphatic hydroxyl groups is 1. The Morgan fingerprint density at radius 1 is 1.21 bits per heavy atom. The van der Waals surface area contributed by atoms with Crippen LogP contribution in [0.3, 0.4) is 0 Å². The van der Waals surface area contributed by atoms with E-state index in [9.17, 15) is 14.7 Å². The fourth-order valence-electron chi connectivity index (χ4n) is 5.39. The van der Waals surface area contributed by atoms with Gasteiger partial charge in [0, 0.05) is 36.0 Å². The summed E-state index contributed by atoms with van der Waals surface area (Å²) in [6.45, 7) is 1.14. The van der Waals surface area contributed by atoms with Gasteiger partial charge >= 0.3 is 5.63 Å². The molecule has 1 saturated carbocycles. The summed E-state index contributed by atoms with van der Waals surface area (Å²) in [4.78, 5) is 26.6. The molecule has 1 N–H and O–H groups in total. The van der Waals surface area contributed by atoms with Crippen molar-refractivity contribution in [3.63, 3.8) is 0 Å². The maximum absolute atomic E-state index is 12.7. The number of piperidine rings is 1. The Morgan fingerprint density at radius 2 is 2.07 bits per heavy atom. The van der Waals surface area contributed by atoms with E-state index >= 15 is 0 Å². The zero-order valence-electron chi connectivity index (χ0n) is 16.6. The quantitative estimate of drug-likeness (QED) is 0.806. The predicted octanol–water partition coefficient (Wildman–Crippen LogP) is 2.81. The molecule has 0 unspecified atom stereocenters. The smallest absolute Gasteiger partial charge is 0.339 e. The Labute approximate surface area is 169 Å². The number of ether oxygens (including phenoxy) is 1. The van der Waals surface area contributed by atoms with Gasteiger partial charge in [0.25, 0.3) is 5.91 Å². The molecule has 0 bridgehead atoms. The molecule has 2 aromatic rings. The van der Waals surface area contributed by atoms with Crippen LogP contribution in [0.2, 0.25) is 0 Å². The number of fused-ring (bicyclic) bond motifs is 4. The van der Waals surface area contributed by atoms with E-state index in [4.69, 9.17) is 9.15 Å². The van der Waals surface area contributed by atoms with Gasteiger partial charge in [-0.25, -0.2) is 4.79 Å². The molecule has 2 fully saturated rings. The molecule has 1 amide bonds. The first kappa shape index (κ1) is 18.7. The van der Waals surface area contributed by atoms with Crippen LogP contribution in [0.5, 0.6) is 5.75 Å². The second kappa shape index (κ2) is 7.17. The molecule has 2 heterocycles. The summed E-state index contributed by atoms with van der Waals surface area (Å²) >= 11 is 0. The van der Waals surface area contributed by atoms with E-state index < -0.39 is 5.60 Å². The molecule has 2 aliphatic carbocycles. The van der Waals surface area contributed by atoms with Gasteiger partial charge in [0.05, 0.1) is 5.60 Å². The second-order valence-electron chi connectivity index (χ2n) is 8.78. The highest BCUT2D eigenvalue weighted by molar-refractivity contribution is 5.83. The normalized spacial score (nSPS) is 26.2. The van der Waals surface area contributed by atoms with Crippen LogP contribution in [0, 0.1) is 5.92 Å².